The van der Waals surface area contributed by atoms with Gasteiger partial charge in [0, 0.05) is 38.5 Å². The van der Waals surface area contributed by atoms with E-state index in [4.69, 9.17) is 4.74 Å². The van der Waals surface area contributed by atoms with Crippen LogP contribution in [-0.2, 0) is 11.3 Å². The Hall–Kier alpha value is -1.06. The standard InChI is InChI=1S/C16H26N2O/c1-13-12-18(10-9-16(2,3)19-4)15-8-6-5-7-14(15)11-17-13/h5-8,13,17H,9-12H2,1-4H3. The van der Waals surface area contributed by atoms with Gasteiger partial charge in [0.25, 0.3) is 0 Å². The second kappa shape index (κ2) is 5.93. The number of benzene rings is 1. The molecule has 106 valence electrons. The SMILES string of the molecule is COC(C)(C)CCN1CC(C)NCc2ccccc21. The second-order valence-corrected chi connectivity index (χ2v) is 6.07. The molecule has 1 N–H and O–H groups in total. The molecule has 0 spiro atoms. The highest BCUT2D eigenvalue weighted by Crippen LogP contribution is 2.25. The van der Waals surface area contributed by atoms with E-state index in [1.165, 1.54) is 11.3 Å². The van der Waals surface area contributed by atoms with Gasteiger partial charge >= 0.3 is 0 Å². The van der Waals surface area contributed by atoms with Gasteiger partial charge in [-0.05, 0) is 38.8 Å². The summed E-state index contributed by atoms with van der Waals surface area (Å²) in [5.74, 6) is 0. The van der Waals surface area contributed by atoms with Crippen molar-refractivity contribution in [2.75, 3.05) is 25.1 Å². The van der Waals surface area contributed by atoms with Crippen LogP contribution in [0.3, 0.4) is 0 Å². The molecule has 3 nitrogen and oxygen atoms in total. The third-order valence-electron chi connectivity index (χ3n) is 4.00. The second-order valence-electron chi connectivity index (χ2n) is 6.07. The zero-order chi connectivity index (χ0) is 13.9. The smallest absolute Gasteiger partial charge is 0.0639 e. The van der Waals surface area contributed by atoms with Gasteiger partial charge in [-0.15, -0.1) is 0 Å². The highest BCUT2D eigenvalue weighted by Gasteiger charge is 2.22. The van der Waals surface area contributed by atoms with Gasteiger partial charge in [0.2, 0.25) is 0 Å². The first kappa shape index (κ1) is 14.4. The third kappa shape index (κ3) is 3.71. The summed E-state index contributed by atoms with van der Waals surface area (Å²) in [5.41, 5.74) is 2.70. The number of fused-ring (bicyclic) bond motifs is 1. The fraction of sp³-hybridized carbons (Fsp3) is 0.625. The van der Waals surface area contributed by atoms with E-state index < -0.39 is 0 Å². The number of methoxy groups -OCH3 is 1. The van der Waals surface area contributed by atoms with Crippen molar-refractivity contribution < 1.29 is 4.74 Å². The fourth-order valence-electron chi connectivity index (χ4n) is 2.46. The van der Waals surface area contributed by atoms with Crippen LogP contribution < -0.4 is 10.2 Å². The van der Waals surface area contributed by atoms with Crippen LogP contribution in [0.1, 0.15) is 32.8 Å². The van der Waals surface area contributed by atoms with E-state index in [0.29, 0.717) is 6.04 Å². The third-order valence-corrected chi connectivity index (χ3v) is 4.00. The first-order valence-electron chi connectivity index (χ1n) is 7.13. The minimum Gasteiger partial charge on any atom is -0.379 e. The number of ether oxygens (including phenoxy) is 1. The van der Waals surface area contributed by atoms with Crippen LogP contribution in [0.5, 0.6) is 0 Å². The van der Waals surface area contributed by atoms with Crippen LogP contribution >= 0.6 is 0 Å². The van der Waals surface area contributed by atoms with Gasteiger partial charge in [-0.25, -0.2) is 0 Å². The van der Waals surface area contributed by atoms with Crippen LogP contribution in [0.15, 0.2) is 24.3 Å². The average Bonchev–Trinajstić information content (AvgIpc) is 2.57. The van der Waals surface area contributed by atoms with Crippen molar-refractivity contribution in [3.05, 3.63) is 29.8 Å². The molecule has 19 heavy (non-hydrogen) atoms. The van der Waals surface area contributed by atoms with Gasteiger partial charge in [-0.3, -0.25) is 0 Å². The van der Waals surface area contributed by atoms with Gasteiger partial charge in [-0.2, -0.15) is 0 Å². The molecule has 1 aliphatic heterocycles. The van der Waals surface area contributed by atoms with Gasteiger partial charge in [0.1, 0.15) is 0 Å². The predicted molar refractivity (Wildman–Crippen MR) is 80.7 cm³/mol. The molecule has 3 heteroatoms. The van der Waals surface area contributed by atoms with Crippen molar-refractivity contribution in [3.63, 3.8) is 0 Å². The molecule has 0 fully saturated rings. The maximum absolute atomic E-state index is 5.53. The molecule has 0 radical (unpaired) electrons. The predicted octanol–water partition coefficient (Wildman–Crippen LogP) is 2.80. The normalized spacial score (nSPS) is 20.0. The average molecular weight is 262 g/mol. The van der Waals surface area contributed by atoms with E-state index in [1.54, 1.807) is 7.11 Å². The van der Waals surface area contributed by atoms with Crippen molar-refractivity contribution in [2.45, 2.75) is 45.4 Å². The van der Waals surface area contributed by atoms with Crippen LogP contribution in [0.2, 0.25) is 0 Å². The molecule has 0 aliphatic carbocycles. The summed E-state index contributed by atoms with van der Waals surface area (Å²) in [6.07, 6.45) is 1.03. The van der Waals surface area contributed by atoms with Crippen LogP contribution in [0.25, 0.3) is 0 Å². The van der Waals surface area contributed by atoms with Crippen molar-refractivity contribution in [1.82, 2.24) is 5.32 Å². The van der Waals surface area contributed by atoms with Crippen molar-refractivity contribution in [2.24, 2.45) is 0 Å². The number of nitrogens with one attached hydrogen (secondary N) is 1. The Labute approximate surface area is 116 Å². The number of hydrogen-bond donors (Lipinski definition) is 1. The van der Waals surface area contributed by atoms with Crippen LogP contribution in [0.4, 0.5) is 5.69 Å². The fourth-order valence-corrected chi connectivity index (χ4v) is 2.46. The molecule has 1 aliphatic rings. The van der Waals surface area contributed by atoms with Crippen LogP contribution in [-0.4, -0.2) is 31.8 Å². The Morgan fingerprint density at radius 1 is 1.37 bits per heavy atom. The lowest BCUT2D eigenvalue weighted by atomic mass is 10.0. The van der Waals surface area contributed by atoms with Crippen molar-refractivity contribution >= 4 is 5.69 Å². The molecule has 1 heterocycles. The first-order valence-corrected chi connectivity index (χ1v) is 7.13. The molecule has 0 bridgehead atoms. The summed E-state index contributed by atoms with van der Waals surface area (Å²) in [4.78, 5) is 2.49. The molecule has 0 aromatic heterocycles. The largest absolute Gasteiger partial charge is 0.379 e. The van der Waals surface area contributed by atoms with E-state index in [0.717, 1.165) is 26.1 Å². The van der Waals surface area contributed by atoms with E-state index in [1.807, 2.05) is 0 Å². The highest BCUT2D eigenvalue weighted by atomic mass is 16.5. The van der Waals surface area contributed by atoms with E-state index in [9.17, 15) is 0 Å². The number of nitrogens with zero attached hydrogens (tertiary/aromatic N) is 1. The van der Waals surface area contributed by atoms with Gasteiger partial charge in [0.15, 0.2) is 0 Å². The Balaban J connectivity index is 2.13. The van der Waals surface area contributed by atoms with Gasteiger partial charge in [-0.1, -0.05) is 18.2 Å². The van der Waals surface area contributed by atoms with Gasteiger partial charge < -0.3 is 15.0 Å². The summed E-state index contributed by atoms with van der Waals surface area (Å²) in [6, 6.07) is 9.21. The zero-order valence-electron chi connectivity index (χ0n) is 12.6. The molecular formula is C16H26N2O. The molecule has 2 rings (SSSR count). The summed E-state index contributed by atoms with van der Waals surface area (Å²) < 4.78 is 5.53. The number of para-hydroxylation sites is 1. The molecule has 0 saturated carbocycles. The Bertz CT molecular complexity index is 417. The van der Waals surface area contributed by atoms with Crippen LogP contribution in [0, 0.1) is 0 Å². The van der Waals surface area contributed by atoms with E-state index in [-0.39, 0.29) is 5.60 Å². The van der Waals surface area contributed by atoms with E-state index >= 15 is 0 Å². The number of anilines is 1. The van der Waals surface area contributed by atoms with E-state index in [2.05, 4.69) is 55.3 Å². The molecule has 1 aromatic rings. The van der Waals surface area contributed by atoms with Crippen molar-refractivity contribution in [3.8, 4) is 0 Å². The Kier molecular flexibility index (Phi) is 4.48. The maximum atomic E-state index is 5.53. The summed E-state index contributed by atoms with van der Waals surface area (Å²) in [6.45, 7) is 9.60. The molecule has 0 amide bonds. The van der Waals surface area contributed by atoms with Crippen molar-refractivity contribution in [1.29, 1.82) is 0 Å². The monoisotopic (exact) mass is 262 g/mol. The number of rotatable bonds is 4. The molecular weight excluding hydrogens is 236 g/mol. The molecule has 1 unspecified atom stereocenters. The summed E-state index contributed by atoms with van der Waals surface area (Å²) in [7, 11) is 1.79. The Morgan fingerprint density at radius 3 is 2.84 bits per heavy atom. The lowest BCUT2D eigenvalue weighted by Crippen LogP contribution is -2.39. The first-order chi connectivity index (χ1) is 9.02. The number of hydrogen-bond acceptors (Lipinski definition) is 3. The highest BCUT2D eigenvalue weighted by molar-refractivity contribution is 5.54. The minimum absolute atomic E-state index is 0.0576. The molecule has 1 aromatic carbocycles. The molecule has 1 atom stereocenters. The Morgan fingerprint density at radius 2 is 2.11 bits per heavy atom. The molecule has 0 saturated heterocycles. The lowest BCUT2D eigenvalue weighted by molar-refractivity contribution is 0.0172. The summed E-state index contributed by atoms with van der Waals surface area (Å²) in [5, 5.41) is 3.57. The maximum Gasteiger partial charge on any atom is 0.0639 e. The quantitative estimate of drug-likeness (QED) is 0.903. The lowest BCUT2D eigenvalue weighted by Gasteiger charge is -2.31. The zero-order valence-corrected chi connectivity index (χ0v) is 12.6. The van der Waals surface area contributed by atoms with Gasteiger partial charge in [0.05, 0.1) is 5.60 Å². The summed E-state index contributed by atoms with van der Waals surface area (Å²) >= 11 is 0. The minimum atomic E-state index is -0.0576. The topological polar surface area (TPSA) is 24.5 Å².